The van der Waals surface area contributed by atoms with Gasteiger partial charge in [0.2, 0.25) is 0 Å². The van der Waals surface area contributed by atoms with Gasteiger partial charge < -0.3 is 5.32 Å². The molecule has 0 aliphatic carbocycles. The van der Waals surface area contributed by atoms with Crippen LogP contribution in [0, 0.1) is 5.92 Å². The second kappa shape index (κ2) is 4.60. The Kier molecular flexibility index (Phi) is 3.53. The Morgan fingerprint density at radius 2 is 2.12 bits per heavy atom. The van der Waals surface area contributed by atoms with Gasteiger partial charge in [0.15, 0.2) is 0 Å². The van der Waals surface area contributed by atoms with Crippen LogP contribution in [0.5, 0.6) is 0 Å². The van der Waals surface area contributed by atoms with Crippen LogP contribution < -0.4 is 10.0 Å². The monoisotopic (exact) mass is 247 g/mol. The summed E-state index contributed by atoms with van der Waals surface area (Å²) in [7, 11) is -3.29. The average molecular weight is 247 g/mol. The molecule has 0 radical (unpaired) electrons. The van der Waals surface area contributed by atoms with E-state index in [4.69, 9.17) is 0 Å². The van der Waals surface area contributed by atoms with Crippen molar-refractivity contribution in [2.75, 3.05) is 19.6 Å². The Morgan fingerprint density at radius 3 is 2.81 bits per heavy atom. The molecule has 0 aromatic rings. The Hall–Kier alpha value is -0.170. The summed E-state index contributed by atoms with van der Waals surface area (Å²) >= 11 is 0. The molecular formula is C10H21N3O2S. The van der Waals surface area contributed by atoms with Crippen molar-refractivity contribution in [2.24, 2.45) is 5.92 Å². The maximum atomic E-state index is 12.1. The molecule has 0 aromatic carbocycles. The molecule has 2 saturated heterocycles. The van der Waals surface area contributed by atoms with Gasteiger partial charge in [0, 0.05) is 25.2 Å². The lowest BCUT2D eigenvalue weighted by Gasteiger charge is -2.36. The van der Waals surface area contributed by atoms with E-state index >= 15 is 0 Å². The molecule has 6 heteroatoms. The normalized spacial score (nSPS) is 31.9. The molecule has 2 rings (SSSR count). The van der Waals surface area contributed by atoms with E-state index in [0.717, 1.165) is 25.9 Å². The molecule has 16 heavy (non-hydrogen) atoms. The van der Waals surface area contributed by atoms with Crippen LogP contribution in [0.1, 0.15) is 26.7 Å². The zero-order valence-electron chi connectivity index (χ0n) is 9.94. The van der Waals surface area contributed by atoms with E-state index in [1.165, 1.54) is 0 Å². The molecule has 5 nitrogen and oxygen atoms in total. The molecule has 2 N–H and O–H groups in total. The fourth-order valence-corrected chi connectivity index (χ4v) is 4.39. The summed E-state index contributed by atoms with van der Waals surface area (Å²) in [5.74, 6) is 0.498. The number of hydrogen-bond acceptors (Lipinski definition) is 3. The number of nitrogens with one attached hydrogen (secondary N) is 2. The highest BCUT2D eigenvalue weighted by atomic mass is 32.2. The van der Waals surface area contributed by atoms with Crippen molar-refractivity contribution in [1.82, 2.24) is 14.3 Å². The third kappa shape index (κ3) is 2.40. The quantitative estimate of drug-likeness (QED) is 0.733. The van der Waals surface area contributed by atoms with Crippen LogP contribution >= 0.6 is 0 Å². The molecule has 2 aliphatic rings. The van der Waals surface area contributed by atoms with Crippen molar-refractivity contribution in [3.05, 3.63) is 0 Å². The summed E-state index contributed by atoms with van der Waals surface area (Å²) in [5, 5.41) is 3.29. The minimum absolute atomic E-state index is 0.0419. The molecule has 0 aromatic heterocycles. The molecular weight excluding hydrogens is 226 g/mol. The van der Waals surface area contributed by atoms with Crippen LogP contribution in [0.4, 0.5) is 0 Å². The fourth-order valence-electron chi connectivity index (χ4n) is 2.69. The molecule has 0 amide bonds. The van der Waals surface area contributed by atoms with Crippen molar-refractivity contribution in [1.29, 1.82) is 0 Å². The first-order valence-corrected chi connectivity index (χ1v) is 7.44. The van der Waals surface area contributed by atoms with Gasteiger partial charge in [0.25, 0.3) is 10.2 Å². The average Bonchev–Trinajstić information content (AvgIpc) is 2.62. The van der Waals surface area contributed by atoms with E-state index < -0.39 is 10.2 Å². The summed E-state index contributed by atoms with van der Waals surface area (Å²) in [6.07, 6.45) is 2.12. The maximum Gasteiger partial charge on any atom is 0.279 e. The van der Waals surface area contributed by atoms with Gasteiger partial charge in [-0.25, -0.2) is 0 Å². The Labute approximate surface area is 97.8 Å². The lowest BCUT2D eigenvalue weighted by atomic mass is 9.94. The number of piperidine rings is 1. The molecule has 0 saturated carbocycles. The molecule has 2 fully saturated rings. The molecule has 94 valence electrons. The van der Waals surface area contributed by atoms with Gasteiger partial charge >= 0.3 is 0 Å². The summed E-state index contributed by atoms with van der Waals surface area (Å²) in [4.78, 5) is 0. The predicted octanol–water partition coefficient (Wildman–Crippen LogP) is -0.0870. The van der Waals surface area contributed by atoms with Crippen molar-refractivity contribution in [3.8, 4) is 0 Å². The largest absolute Gasteiger partial charge is 0.315 e. The minimum atomic E-state index is -3.29. The van der Waals surface area contributed by atoms with Crippen LogP contribution in [-0.4, -0.2) is 44.4 Å². The van der Waals surface area contributed by atoms with Gasteiger partial charge in [-0.1, -0.05) is 0 Å². The highest BCUT2D eigenvalue weighted by Crippen LogP contribution is 2.28. The second-order valence-electron chi connectivity index (χ2n) is 5.02. The van der Waals surface area contributed by atoms with Crippen molar-refractivity contribution in [2.45, 2.75) is 38.8 Å². The van der Waals surface area contributed by atoms with E-state index in [-0.39, 0.29) is 12.1 Å². The summed E-state index contributed by atoms with van der Waals surface area (Å²) < 4.78 is 28.6. The smallest absolute Gasteiger partial charge is 0.279 e. The standard InChI is InChI=1S/C10H21N3O2S/c1-8(2)12-16(14,15)13-5-3-4-9-6-11-7-10(9)13/h8-12H,3-7H2,1-2H3. The Bertz CT molecular complexity index is 342. The highest BCUT2D eigenvalue weighted by Gasteiger charge is 2.40. The van der Waals surface area contributed by atoms with Crippen LogP contribution in [-0.2, 0) is 10.2 Å². The van der Waals surface area contributed by atoms with Gasteiger partial charge in [0.1, 0.15) is 0 Å². The fraction of sp³-hybridized carbons (Fsp3) is 1.00. The number of fused-ring (bicyclic) bond motifs is 1. The third-order valence-corrected chi connectivity index (χ3v) is 5.16. The lowest BCUT2D eigenvalue weighted by molar-refractivity contribution is 0.214. The third-order valence-electron chi connectivity index (χ3n) is 3.32. The molecule has 2 aliphatic heterocycles. The van der Waals surface area contributed by atoms with Gasteiger partial charge in [-0.15, -0.1) is 0 Å². The van der Waals surface area contributed by atoms with Crippen LogP contribution in [0.25, 0.3) is 0 Å². The summed E-state index contributed by atoms with van der Waals surface area (Å²) in [5.41, 5.74) is 0. The topological polar surface area (TPSA) is 61.4 Å². The Balaban J connectivity index is 2.13. The predicted molar refractivity (Wildman–Crippen MR) is 63.3 cm³/mol. The lowest BCUT2D eigenvalue weighted by Crippen LogP contribution is -2.53. The van der Waals surface area contributed by atoms with E-state index in [1.807, 2.05) is 13.8 Å². The van der Waals surface area contributed by atoms with Gasteiger partial charge in [0.05, 0.1) is 0 Å². The second-order valence-corrected chi connectivity index (χ2v) is 6.67. The zero-order chi connectivity index (χ0) is 11.8. The molecule has 0 bridgehead atoms. The highest BCUT2D eigenvalue weighted by molar-refractivity contribution is 7.87. The van der Waals surface area contributed by atoms with E-state index in [9.17, 15) is 8.42 Å². The van der Waals surface area contributed by atoms with Gasteiger partial charge in [-0.2, -0.15) is 17.4 Å². The Morgan fingerprint density at radius 1 is 1.38 bits per heavy atom. The molecule has 0 spiro atoms. The van der Waals surface area contributed by atoms with Crippen LogP contribution in [0.15, 0.2) is 0 Å². The molecule has 2 heterocycles. The summed E-state index contributed by atoms with van der Waals surface area (Å²) in [6, 6.07) is 0.115. The minimum Gasteiger partial charge on any atom is -0.315 e. The van der Waals surface area contributed by atoms with Crippen molar-refractivity contribution < 1.29 is 8.42 Å². The van der Waals surface area contributed by atoms with Gasteiger partial charge in [-0.05, 0) is 39.2 Å². The van der Waals surface area contributed by atoms with E-state index in [1.54, 1.807) is 4.31 Å². The number of rotatable bonds is 3. The molecule has 2 atom stereocenters. The van der Waals surface area contributed by atoms with Crippen molar-refractivity contribution in [3.63, 3.8) is 0 Å². The number of hydrogen-bond donors (Lipinski definition) is 2. The first kappa shape index (κ1) is 12.3. The maximum absolute atomic E-state index is 12.1. The zero-order valence-corrected chi connectivity index (χ0v) is 10.8. The van der Waals surface area contributed by atoms with Crippen molar-refractivity contribution >= 4 is 10.2 Å². The van der Waals surface area contributed by atoms with Crippen LogP contribution in [0.3, 0.4) is 0 Å². The van der Waals surface area contributed by atoms with Crippen LogP contribution in [0.2, 0.25) is 0 Å². The first-order valence-electron chi connectivity index (χ1n) is 6.00. The number of nitrogens with zero attached hydrogens (tertiary/aromatic N) is 1. The SMILES string of the molecule is CC(C)NS(=O)(=O)N1CCCC2CNCC21. The van der Waals surface area contributed by atoms with Gasteiger partial charge in [-0.3, -0.25) is 0 Å². The molecule has 2 unspecified atom stereocenters. The first-order chi connectivity index (χ1) is 7.50. The summed E-state index contributed by atoms with van der Waals surface area (Å²) in [6.45, 7) is 6.12. The van der Waals surface area contributed by atoms with E-state index in [2.05, 4.69) is 10.0 Å². The van der Waals surface area contributed by atoms with E-state index in [0.29, 0.717) is 12.5 Å².